The third kappa shape index (κ3) is 2.60. The first-order valence-corrected chi connectivity index (χ1v) is 5.88. The van der Waals surface area contributed by atoms with E-state index < -0.39 is 11.5 Å². The Bertz CT molecular complexity index is 578. The summed E-state index contributed by atoms with van der Waals surface area (Å²) in [5.74, 6) is -0.305. The van der Waals surface area contributed by atoms with E-state index in [4.69, 9.17) is 10.5 Å². The molecule has 0 saturated carbocycles. The van der Waals surface area contributed by atoms with E-state index in [0.717, 1.165) is 16.5 Å². The summed E-state index contributed by atoms with van der Waals surface area (Å²) in [6.45, 7) is 3.59. The van der Waals surface area contributed by atoms with E-state index in [2.05, 4.69) is 4.98 Å². The molecular formula is C14H19ClN2O2. The van der Waals surface area contributed by atoms with Crippen LogP contribution < -0.4 is 5.73 Å². The highest BCUT2D eigenvalue weighted by atomic mass is 35.5. The van der Waals surface area contributed by atoms with E-state index in [9.17, 15) is 4.79 Å². The number of rotatable bonds is 3. The van der Waals surface area contributed by atoms with Gasteiger partial charge in [0.15, 0.2) is 0 Å². The molecule has 0 amide bonds. The van der Waals surface area contributed by atoms with Gasteiger partial charge < -0.3 is 15.5 Å². The molecule has 4 nitrogen and oxygen atoms in total. The van der Waals surface area contributed by atoms with Crippen LogP contribution >= 0.6 is 12.4 Å². The van der Waals surface area contributed by atoms with Gasteiger partial charge >= 0.3 is 5.97 Å². The van der Waals surface area contributed by atoms with Crippen LogP contribution in [-0.2, 0) is 9.53 Å². The number of methoxy groups -OCH3 is 1. The van der Waals surface area contributed by atoms with Gasteiger partial charge in [-0.15, -0.1) is 12.4 Å². The van der Waals surface area contributed by atoms with Crippen LogP contribution in [0.1, 0.15) is 25.5 Å². The molecule has 3 N–H and O–H groups in total. The molecule has 1 heterocycles. The highest BCUT2D eigenvalue weighted by Crippen LogP contribution is 2.35. The highest BCUT2D eigenvalue weighted by Gasteiger charge is 2.37. The van der Waals surface area contributed by atoms with Gasteiger partial charge in [-0.1, -0.05) is 18.2 Å². The zero-order valence-corrected chi connectivity index (χ0v) is 12.1. The normalized spacial score (nSPS) is 12.8. The fraction of sp³-hybridized carbons (Fsp3) is 0.357. The fourth-order valence-electron chi connectivity index (χ4n) is 2.13. The molecule has 0 aliphatic carbocycles. The smallest absolute Gasteiger partial charge is 0.313 e. The average Bonchev–Trinajstić information content (AvgIpc) is 2.80. The van der Waals surface area contributed by atoms with E-state index in [-0.39, 0.29) is 18.4 Å². The minimum absolute atomic E-state index is 0. The maximum atomic E-state index is 11.8. The predicted molar refractivity (Wildman–Crippen MR) is 78.3 cm³/mol. The summed E-state index contributed by atoms with van der Waals surface area (Å²) in [5, 5.41) is 1.04. The van der Waals surface area contributed by atoms with Gasteiger partial charge in [0.1, 0.15) is 0 Å². The second-order valence-electron chi connectivity index (χ2n) is 4.98. The summed E-state index contributed by atoms with van der Waals surface area (Å²) in [6, 6.07) is 7.48. The van der Waals surface area contributed by atoms with Gasteiger partial charge in [-0.2, -0.15) is 0 Å². The number of carbonyl (C=O) groups is 1. The lowest BCUT2D eigenvalue weighted by atomic mass is 9.81. The highest BCUT2D eigenvalue weighted by molar-refractivity contribution is 5.86. The largest absolute Gasteiger partial charge is 0.469 e. The second-order valence-corrected chi connectivity index (χ2v) is 4.98. The minimum atomic E-state index is -0.764. The number of halogens is 1. The van der Waals surface area contributed by atoms with E-state index in [1.165, 1.54) is 7.11 Å². The third-order valence-corrected chi connectivity index (χ3v) is 3.45. The summed E-state index contributed by atoms with van der Waals surface area (Å²) in [5.41, 5.74) is 7.42. The number of fused-ring (bicyclic) bond motifs is 1. The molecule has 0 aliphatic heterocycles. The van der Waals surface area contributed by atoms with Crippen LogP contribution in [0, 0.1) is 5.41 Å². The number of nitrogens with two attached hydrogens (primary N) is 1. The van der Waals surface area contributed by atoms with Crippen molar-refractivity contribution in [2.45, 2.75) is 19.9 Å². The number of H-pyrrole nitrogens is 1. The Hall–Kier alpha value is -1.52. The average molecular weight is 283 g/mol. The SMILES string of the molecule is COC(=O)C(C)(C)[C@@H](N)c1c[nH]c2ccccc12.Cl. The molecule has 0 radical (unpaired) electrons. The lowest BCUT2D eigenvalue weighted by Crippen LogP contribution is -2.37. The van der Waals surface area contributed by atoms with E-state index >= 15 is 0 Å². The van der Waals surface area contributed by atoms with Gasteiger partial charge in [-0.05, 0) is 25.5 Å². The molecular weight excluding hydrogens is 264 g/mol. The zero-order valence-electron chi connectivity index (χ0n) is 11.3. The van der Waals surface area contributed by atoms with Crippen LogP contribution in [0.4, 0.5) is 0 Å². The molecule has 1 aromatic carbocycles. The zero-order chi connectivity index (χ0) is 13.3. The first-order valence-electron chi connectivity index (χ1n) is 5.88. The first-order chi connectivity index (χ1) is 8.48. The second kappa shape index (κ2) is 5.63. The number of benzene rings is 1. The fourth-order valence-corrected chi connectivity index (χ4v) is 2.13. The number of nitrogens with one attached hydrogen (secondary N) is 1. The topological polar surface area (TPSA) is 68.1 Å². The molecule has 1 atom stereocenters. The molecule has 5 heteroatoms. The van der Waals surface area contributed by atoms with Gasteiger partial charge in [-0.3, -0.25) is 4.79 Å². The number of para-hydroxylation sites is 1. The van der Waals surface area contributed by atoms with Crippen LogP contribution in [0.5, 0.6) is 0 Å². The van der Waals surface area contributed by atoms with Crippen LogP contribution in [0.25, 0.3) is 10.9 Å². The molecule has 0 aliphatic rings. The number of carbonyl (C=O) groups excluding carboxylic acids is 1. The summed E-state index contributed by atoms with van der Waals surface area (Å²) in [7, 11) is 1.38. The number of hydrogen-bond acceptors (Lipinski definition) is 3. The molecule has 0 bridgehead atoms. The lowest BCUT2D eigenvalue weighted by molar-refractivity contribution is -0.152. The van der Waals surface area contributed by atoms with Gasteiger partial charge in [-0.25, -0.2) is 0 Å². The molecule has 0 saturated heterocycles. The number of ether oxygens (including phenoxy) is 1. The molecule has 104 valence electrons. The van der Waals surface area contributed by atoms with Gasteiger partial charge in [0.25, 0.3) is 0 Å². The van der Waals surface area contributed by atoms with Crippen molar-refractivity contribution < 1.29 is 9.53 Å². The van der Waals surface area contributed by atoms with E-state index in [1.807, 2.05) is 30.5 Å². The summed E-state index contributed by atoms with van der Waals surface area (Å²) >= 11 is 0. The van der Waals surface area contributed by atoms with Crippen molar-refractivity contribution >= 4 is 29.3 Å². The van der Waals surface area contributed by atoms with Crippen molar-refractivity contribution in [2.24, 2.45) is 11.1 Å². The maximum Gasteiger partial charge on any atom is 0.313 e. The molecule has 0 fully saturated rings. The first kappa shape index (κ1) is 15.5. The summed E-state index contributed by atoms with van der Waals surface area (Å²) in [4.78, 5) is 15.0. The quantitative estimate of drug-likeness (QED) is 0.851. The van der Waals surface area contributed by atoms with Gasteiger partial charge in [0.05, 0.1) is 12.5 Å². The molecule has 2 aromatic rings. The Labute approximate surface area is 118 Å². The number of aromatic nitrogens is 1. The summed E-state index contributed by atoms with van der Waals surface area (Å²) < 4.78 is 4.82. The Balaban J connectivity index is 0.00000180. The number of esters is 1. The molecule has 1 aromatic heterocycles. The Kier molecular flexibility index (Phi) is 4.61. The van der Waals surface area contributed by atoms with Crippen LogP contribution in [0.3, 0.4) is 0 Å². The van der Waals surface area contributed by atoms with Crippen molar-refractivity contribution in [1.82, 2.24) is 4.98 Å². The van der Waals surface area contributed by atoms with Crippen LogP contribution in [0.15, 0.2) is 30.5 Å². The third-order valence-electron chi connectivity index (χ3n) is 3.45. The maximum absolute atomic E-state index is 11.8. The monoisotopic (exact) mass is 282 g/mol. The standard InChI is InChI=1S/C14H18N2O2.ClH/c1-14(2,13(17)18-3)12(15)10-8-16-11-7-5-4-6-9(10)11;/h4-8,12,16H,15H2,1-3H3;1H/t12-;/m0./s1. The summed E-state index contributed by atoms with van der Waals surface area (Å²) in [6.07, 6.45) is 1.86. The van der Waals surface area contributed by atoms with Crippen LogP contribution in [-0.4, -0.2) is 18.1 Å². The molecule has 0 unspecified atom stereocenters. The van der Waals surface area contributed by atoms with E-state index in [0.29, 0.717) is 0 Å². The Morgan fingerprint density at radius 2 is 2.00 bits per heavy atom. The molecule has 0 spiro atoms. The van der Waals surface area contributed by atoms with Gasteiger partial charge in [0, 0.05) is 23.1 Å². The Morgan fingerprint density at radius 3 is 2.63 bits per heavy atom. The lowest BCUT2D eigenvalue weighted by Gasteiger charge is -2.28. The number of hydrogen-bond donors (Lipinski definition) is 2. The van der Waals surface area contributed by atoms with Crippen molar-refractivity contribution in [3.8, 4) is 0 Å². The van der Waals surface area contributed by atoms with Crippen molar-refractivity contribution in [3.63, 3.8) is 0 Å². The van der Waals surface area contributed by atoms with Crippen molar-refractivity contribution in [2.75, 3.05) is 7.11 Å². The Morgan fingerprint density at radius 1 is 1.37 bits per heavy atom. The van der Waals surface area contributed by atoms with Gasteiger partial charge in [0.2, 0.25) is 0 Å². The molecule has 19 heavy (non-hydrogen) atoms. The minimum Gasteiger partial charge on any atom is -0.469 e. The van der Waals surface area contributed by atoms with E-state index in [1.54, 1.807) is 13.8 Å². The number of aromatic amines is 1. The van der Waals surface area contributed by atoms with Crippen LogP contribution in [0.2, 0.25) is 0 Å². The predicted octanol–water partition coefficient (Wildman–Crippen LogP) is 2.79. The van der Waals surface area contributed by atoms with Crippen molar-refractivity contribution in [1.29, 1.82) is 0 Å². The van der Waals surface area contributed by atoms with Crippen molar-refractivity contribution in [3.05, 3.63) is 36.0 Å². The molecule has 2 rings (SSSR count).